The minimum Gasteiger partial charge on any atom is -0.497 e. The molecule has 3 rings (SSSR count). The molecule has 118 valence electrons. The van der Waals surface area contributed by atoms with Gasteiger partial charge in [0.2, 0.25) is 0 Å². The molecule has 0 saturated heterocycles. The van der Waals surface area contributed by atoms with Crippen molar-refractivity contribution in [3.63, 3.8) is 0 Å². The summed E-state index contributed by atoms with van der Waals surface area (Å²) < 4.78 is 6.95. The highest BCUT2D eigenvalue weighted by molar-refractivity contribution is 9.11. The summed E-state index contributed by atoms with van der Waals surface area (Å²) in [5.74, 6) is 0.770. The largest absolute Gasteiger partial charge is 0.497 e. The maximum absolute atomic E-state index is 12.2. The summed E-state index contributed by atoms with van der Waals surface area (Å²) in [5.41, 5.74) is 2.72. The first kappa shape index (κ1) is 16.0. The number of benzene rings is 2. The van der Waals surface area contributed by atoms with E-state index in [9.17, 15) is 4.79 Å². The van der Waals surface area contributed by atoms with Crippen molar-refractivity contribution in [3.8, 4) is 5.75 Å². The number of amides is 1. The molecule has 0 fully saturated rings. The van der Waals surface area contributed by atoms with Crippen LogP contribution in [-0.4, -0.2) is 24.5 Å². The summed E-state index contributed by atoms with van der Waals surface area (Å²) in [7, 11) is 1.65. The molecule has 6 heteroatoms. The number of thiazole rings is 1. The third-order valence-electron chi connectivity index (χ3n) is 3.48. The number of halogens is 1. The van der Waals surface area contributed by atoms with Crippen LogP contribution in [-0.2, 0) is 6.42 Å². The molecule has 0 radical (unpaired) electrons. The number of carbonyl (C=O) groups is 1. The van der Waals surface area contributed by atoms with Gasteiger partial charge in [-0.15, -0.1) is 11.3 Å². The summed E-state index contributed by atoms with van der Waals surface area (Å²) in [5, 5.41) is 2.95. The Morgan fingerprint density at radius 2 is 2.04 bits per heavy atom. The van der Waals surface area contributed by atoms with E-state index in [1.807, 2.05) is 36.4 Å². The van der Waals surface area contributed by atoms with Crippen LogP contribution in [0.25, 0.3) is 10.2 Å². The Hall–Kier alpha value is -1.92. The lowest BCUT2D eigenvalue weighted by atomic mass is 10.1. The topological polar surface area (TPSA) is 51.2 Å². The van der Waals surface area contributed by atoms with Crippen LogP contribution in [0.1, 0.15) is 15.9 Å². The third kappa shape index (κ3) is 3.89. The number of methoxy groups -OCH3 is 1. The Morgan fingerprint density at radius 1 is 1.26 bits per heavy atom. The molecule has 0 aliphatic heterocycles. The van der Waals surface area contributed by atoms with Crippen molar-refractivity contribution in [2.75, 3.05) is 13.7 Å². The molecule has 23 heavy (non-hydrogen) atoms. The molecule has 1 heterocycles. The van der Waals surface area contributed by atoms with Crippen molar-refractivity contribution < 1.29 is 9.53 Å². The number of nitrogens with zero attached hydrogens (tertiary/aromatic N) is 1. The average Bonchev–Trinajstić information content (AvgIpc) is 2.94. The highest BCUT2D eigenvalue weighted by Crippen LogP contribution is 2.26. The second-order valence-corrected chi connectivity index (χ2v) is 7.31. The predicted molar refractivity (Wildman–Crippen MR) is 96.4 cm³/mol. The van der Waals surface area contributed by atoms with E-state index in [1.165, 1.54) is 11.3 Å². The highest BCUT2D eigenvalue weighted by Gasteiger charge is 2.08. The molecular formula is C17H15BrN2O2S. The second kappa shape index (κ2) is 7.10. The number of aromatic nitrogens is 1. The fraction of sp³-hybridized carbons (Fsp3) is 0.176. The molecule has 0 atom stereocenters. The number of hydrogen-bond acceptors (Lipinski definition) is 4. The number of carbonyl (C=O) groups excluding carboxylic acids is 1. The van der Waals surface area contributed by atoms with E-state index >= 15 is 0 Å². The summed E-state index contributed by atoms with van der Waals surface area (Å²) in [6.45, 7) is 0.593. The normalized spacial score (nSPS) is 10.7. The molecule has 0 unspecified atom stereocenters. The lowest BCUT2D eigenvalue weighted by Gasteiger charge is -2.06. The third-order valence-corrected chi connectivity index (χ3v) is 4.95. The van der Waals surface area contributed by atoms with E-state index in [4.69, 9.17) is 4.74 Å². The lowest BCUT2D eigenvalue weighted by Crippen LogP contribution is -2.25. The highest BCUT2D eigenvalue weighted by atomic mass is 79.9. The smallest absolute Gasteiger partial charge is 0.251 e. The lowest BCUT2D eigenvalue weighted by molar-refractivity contribution is 0.0954. The zero-order valence-electron chi connectivity index (χ0n) is 12.5. The molecule has 1 N–H and O–H groups in total. The summed E-state index contributed by atoms with van der Waals surface area (Å²) in [4.78, 5) is 16.5. The fourth-order valence-corrected chi connectivity index (χ4v) is 3.70. The maximum atomic E-state index is 12.2. The van der Waals surface area contributed by atoms with E-state index in [0.717, 1.165) is 31.9 Å². The Kier molecular flexibility index (Phi) is 4.93. The first-order valence-electron chi connectivity index (χ1n) is 7.13. The van der Waals surface area contributed by atoms with Gasteiger partial charge in [0.15, 0.2) is 3.92 Å². The van der Waals surface area contributed by atoms with Crippen LogP contribution >= 0.6 is 27.3 Å². The summed E-state index contributed by atoms with van der Waals surface area (Å²) in [6.07, 6.45) is 0.782. The van der Waals surface area contributed by atoms with Gasteiger partial charge in [0.05, 0.1) is 17.3 Å². The van der Waals surface area contributed by atoms with Gasteiger partial charge in [-0.2, -0.15) is 0 Å². The molecule has 4 nitrogen and oxygen atoms in total. The van der Waals surface area contributed by atoms with Gasteiger partial charge in [0.25, 0.3) is 5.91 Å². The first-order valence-corrected chi connectivity index (χ1v) is 8.74. The Labute approximate surface area is 146 Å². The van der Waals surface area contributed by atoms with E-state index in [0.29, 0.717) is 12.1 Å². The number of fused-ring (bicyclic) bond motifs is 1. The van der Waals surface area contributed by atoms with Crippen molar-refractivity contribution in [2.24, 2.45) is 0 Å². The average molecular weight is 391 g/mol. The monoisotopic (exact) mass is 390 g/mol. The fourth-order valence-electron chi connectivity index (χ4n) is 2.25. The second-order valence-electron chi connectivity index (χ2n) is 5.00. The molecule has 2 aromatic carbocycles. The van der Waals surface area contributed by atoms with Crippen molar-refractivity contribution in [3.05, 3.63) is 57.5 Å². The zero-order valence-corrected chi connectivity index (χ0v) is 14.9. The van der Waals surface area contributed by atoms with Crippen molar-refractivity contribution in [1.29, 1.82) is 0 Å². The van der Waals surface area contributed by atoms with Crippen molar-refractivity contribution in [2.45, 2.75) is 6.42 Å². The van der Waals surface area contributed by atoms with Crippen LogP contribution < -0.4 is 10.1 Å². The van der Waals surface area contributed by atoms with Crippen LogP contribution in [0.5, 0.6) is 5.75 Å². The Bertz CT molecular complexity index is 830. The van der Waals surface area contributed by atoms with Crippen LogP contribution in [0.2, 0.25) is 0 Å². The van der Waals surface area contributed by atoms with Crippen LogP contribution in [0.3, 0.4) is 0 Å². The SMILES string of the molecule is COc1ccc(CCNC(=O)c2ccc3nc(Br)sc3c2)cc1. The number of hydrogen-bond donors (Lipinski definition) is 1. The van der Waals surface area contributed by atoms with Crippen LogP contribution in [0.4, 0.5) is 0 Å². The molecule has 1 aromatic heterocycles. The Morgan fingerprint density at radius 3 is 2.78 bits per heavy atom. The van der Waals surface area contributed by atoms with E-state index in [2.05, 4.69) is 26.2 Å². The van der Waals surface area contributed by atoms with Gasteiger partial charge in [0.1, 0.15) is 5.75 Å². The van der Waals surface area contributed by atoms with Gasteiger partial charge in [-0.25, -0.2) is 4.98 Å². The Balaban J connectivity index is 1.59. The first-order chi connectivity index (χ1) is 11.2. The molecule has 0 spiro atoms. The van der Waals surface area contributed by atoms with Crippen LogP contribution in [0.15, 0.2) is 46.4 Å². The minimum atomic E-state index is -0.0649. The van der Waals surface area contributed by atoms with E-state index < -0.39 is 0 Å². The quantitative estimate of drug-likeness (QED) is 0.714. The molecule has 3 aromatic rings. The van der Waals surface area contributed by atoms with Gasteiger partial charge in [-0.3, -0.25) is 4.79 Å². The summed E-state index contributed by atoms with van der Waals surface area (Å²) in [6, 6.07) is 13.4. The molecule has 0 bridgehead atoms. The maximum Gasteiger partial charge on any atom is 0.251 e. The van der Waals surface area contributed by atoms with Gasteiger partial charge in [-0.05, 0) is 58.2 Å². The van der Waals surface area contributed by atoms with E-state index in [1.54, 1.807) is 13.2 Å². The van der Waals surface area contributed by atoms with Gasteiger partial charge >= 0.3 is 0 Å². The molecule has 1 amide bonds. The number of rotatable bonds is 5. The van der Waals surface area contributed by atoms with Crippen LogP contribution in [0, 0.1) is 0 Å². The van der Waals surface area contributed by atoms with E-state index in [-0.39, 0.29) is 5.91 Å². The molecule has 0 saturated carbocycles. The zero-order chi connectivity index (χ0) is 16.2. The predicted octanol–water partition coefficient (Wildman–Crippen LogP) is 4.04. The molecule has 0 aliphatic rings. The van der Waals surface area contributed by atoms with Gasteiger partial charge in [-0.1, -0.05) is 12.1 Å². The van der Waals surface area contributed by atoms with Crippen molar-refractivity contribution >= 4 is 43.4 Å². The van der Waals surface area contributed by atoms with Gasteiger partial charge < -0.3 is 10.1 Å². The number of ether oxygens (including phenoxy) is 1. The summed E-state index contributed by atoms with van der Waals surface area (Å²) >= 11 is 4.88. The van der Waals surface area contributed by atoms with Crippen molar-refractivity contribution in [1.82, 2.24) is 10.3 Å². The standard InChI is InChI=1S/C17H15BrN2O2S/c1-22-13-5-2-11(3-6-13)8-9-19-16(21)12-4-7-14-15(10-12)23-17(18)20-14/h2-7,10H,8-9H2,1H3,(H,19,21). The van der Waals surface area contributed by atoms with Gasteiger partial charge in [0, 0.05) is 12.1 Å². The number of nitrogens with one attached hydrogen (secondary N) is 1. The molecule has 0 aliphatic carbocycles. The molecular weight excluding hydrogens is 376 g/mol. The minimum absolute atomic E-state index is 0.0649.